The lowest BCUT2D eigenvalue weighted by atomic mass is 10.2. The van der Waals surface area contributed by atoms with Gasteiger partial charge in [0.15, 0.2) is 0 Å². The van der Waals surface area contributed by atoms with E-state index in [4.69, 9.17) is 9.47 Å². The van der Waals surface area contributed by atoms with Crippen molar-refractivity contribution in [3.8, 4) is 5.75 Å². The van der Waals surface area contributed by atoms with Crippen molar-refractivity contribution >= 4 is 18.3 Å². The Hall–Kier alpha value is -1.30. The fourth-order valence-electron chi connectivity index (χ4n) is 1.64. The molecule has 0 aliphatic carbocycles. The Balaban J connectivity index is 0.00000400. The van der Waals surface area contributed by atoms with Gasteiger partial charge in [0.1, 0.15) is 5.75 Å². The van der Waals surface area contributed by atoms with Crippen LogP contribution in [-0.4, -0.2) is 45.9 Å². The quantitative estimate of drug-likeness (QED) is 0.643. The molecule has 0 heterocycles. The van der Waals surface area contributed by atoms with Gasteiger partial charge in [-0.2, -0.15) is 0 Å². The maximum Gasteiger partial charge on any atom is 0.233 e. The van der Waals surface area contributed by atoms with Gasteiger partial charge in [0.2, 0.25) is 5.91 Å². The Morgan fingerprint density at radius 3 is 2.67 bits per heavy atom. The Kier molecular flexibility index (Phi) is 11.7. The minimum Gasteiger partial charge on any atom is -0.493 e. The average molecular weight is 317 g/mol. The summed E-state index contributed by atoms with van der Waals surface area (Å²) >= 11 is 0. The van der Waals surface area contributed by atoms with Crippen LogP contribution in [0.2, 0.25) is 0 Å². The van der Waals surface area contributed by atoms with Gasteiger partial charge in [0.05, 0.1) is 19.8 Å². The van der Waals surface area contributed by atoms with Crippen molar-refractivity contribution in [1.82, 2.24) is 10.6 Å². The van der Waals surface area contributed by atoms with Crippen molar-refractivity contribution in [2.24, 2.45) is 0 Å². The molecule has 0 bridgehead atoms. The summed E-state index contributed by atoms with van der Waals surface area (Å²) in [7, 11) is 1.64. The number of methoxy groups -OCH3 is 1. The summed E-state index contributed by atoms with van der Waals surface area (Å²) in [6.45, 7) is 4.85. The standard InChI is InChI=1S/C15H24N2O3.ClH/c1-13-6-3-4-7-14(13)20-10-5-8-17-15(18)12-16-9-11-19-2;/h3-4,6-7,16H,5,8-12H2,1-2H3,(H,17,18);1H. The van der Waals surface area contributed by atoms with Crippen LogP contribution in [0.1, 0.15) is 12.0 Å². The monoisotopic (exact) mass is 316 g/mol. The smallest absolute Gasteiger partial charge is 0.233 e. The molecule has 1 aromatic carbocycles. The summed E-state index contributed by atoms with van der Waals surface area (Å²) in [6, 6.07) is 7.91. The van der Waals surface area contributed by atoms with Gasteiger partial charge in [-0.1, -0.05) is 18.2 Å². The third-order valence-electron chi connectivity index (χ3n) is 2.76. The number of carbonyl (C=O) groups is 1. The maximum atomic E-state index is 11.4. The van der Waals surface area contributed by atoms with E-state index < -0.39 is 0 Å². The molecular formula is C15H25ClN2O3. The predicted octanol–water partition coefficient (Wildman–Crippen LogP) is 1.54. The molecule has 0 aliphatic heterocycles. The molecule has 0 unspecified atom stereocenters. The van der Waals surface area contributed by atoms with Gasteiger partial charge in [0, 0.05) is 20.2 Å². The van der Waals surface area contributed by atoms with Crippen molar-refractivity contribution in [3.63, 3.8) is 0 Å². The normalized spacial score (nSPS) is 9.81. The zero-order valence-electron chi connectivity index (χ0n) is 12.7. The number of nitrogens with one attached hydrogen (secondary N) is 2. The van der Waals surface area contributed by atoms with Crippen LogP contribution in [0.5, 0.6) is 5.75 Å². The predicted molar refractivity (Wildman–Crippen MR) is 86.3 cm³/mol. The first-order valence-corrected chi connectivity index (χ1v) is 6.89. The molecule has 6 heteroatoms. The van der Waals surface area contributed by atoms with Crippen molar-refractivity contribution in [2.75, 3.05) is 40.0 Å². The van der Waals surface area contributed by atoms with Crippen LogP contribution in [0.15, 0.2) is 24.3 Å². The Morgan fingerprint density at radius 2 is 1.95 bits per heavy atom. The van der Waals surface area contributed by atoms with Gasteiger partial charge in [-0.25, -0.2) is 0 Å². The first-order valence-electron chi connectivity index (χ1n) is 6.89. The largest absolute Gasteiger partial charge is 0.493 e. The molecule has 0 saturated carbocycles. The average Bonchev–Trinajstić information content (AvgIpc) is 2.45. The van der Waals surface area contributed by atoms with E-state index in [1.807, 2.05) is 31.2 Å². The van der Waals surface area contributed by atoms with Crippen LogP contribution in [0, 0.1) is 6.92 Å². The number of amides is 1. The third kappa shape index (κ3) is 9.28. The molecule has 1 amide bonds. The summed E-state index contributed by atoms with van der Waals surface area (Å²) < 4.78 is 10.5. The van der Waals surface area contributed by atoms with Crippen LogP contribution in [0.4, 0.5) is 0 Å². The lowest BCUT2D eigenvalue weighted by molar-refractivity contribution is -0.120. The van der Waals surface area contributed by atoms with Crippen LogP contribution in [0.3, 0.4) is 0 Å². The molecule has 0 spiro atoms. The Morgan fingerprint density at radius 1 is 1.19 bits per heavy atom. The Labute approximate surface area is 132 Å². The molecule has 0 aliphatic rings. The molecule has 2 N–H and O–H groups in total. The molecule has 1 aromatic rings. The summed E-state index contributed by atoms with van der Waals surface area (Å²) in [4.78, 5) is 11.4. The third-order valence-corrected chi connectivity index (χ3v) is 2.76. The van der Waals surface area contributed by atoms with Crippen molar-refractivity contribution in [3.05, 3.63) is 29.8 Å². The number of aryl methyl sites for hydroxylation is 1. The van der Waals surface area contributed by atoms with Crippen LogP contribution in [0.25, 0.3) is 0 Å². The second kappa shape index (κ2) is 12.4. The summed E-state index contributed by atoms with van der Waals surface area (Å²) in [6.07, 6.45) is 0.790. The second-order valence-electron chi connectivity index (χ2n) is 4.49. The van der Waals surface area contributed by atoms with Gasteiger partial charge < -0.3 is 20.1 Å². The van der Waals surface area contributed by atoms with Crippen LogP contribution >= 0.6 is 12.4 Å². The topological polar surface area (TPSA) is 59.6 Å². The van der Waals surface area contributed by atoms with Gasteiger partial charge in [0.25, 0.3) is 0 Å². The highest BCUT2D eigenvalue weighted by molar-refractivity contribution is 5.85. The molecule has 0 fully saturated rings. The number of rotatable bonds is 10. The van der Waals surface area contributed by atoms with Crippen molar-refractivity contribution in [2.45, 2.75) is 13.3 Å². The second-order valence-corrected chi connectivity index (χ2v) is 4.49. The number of para-hydroxylation sites is 1. The Bertz CT molecular complexity index is 402. The number of hydrogen-bond donors (Lipinski definition) is 2. The molecular weight excluding hydrogens is 292 g/mol. The van der Waals surface area contributed by atoms with E-state index in [1.54, 1.807) is 7.11 Å². The highest BCUT2D eigenvalue weighted by Crippen LogP contribution is 2.15. The van der Waals surface area contributed by atoms with E-state index in [0.717, 1.165) is 17.7 Å². The highest BCUT2D eigenvalue weighted by Gasteiger charge is 2.00. The molecule has 21 heavy (non-hydrogen) atoms. The first-order chi connectivity index (χ1) is 9.74. The van der Waals surface area contributed by atoms with Crippen LogP contribution in [-0.2, 0) is 9.53 Å². The lowest BCUT2D eigenvalue weighted by Crippen LogP contribution is -2.36. The van der Waals surface area contributed by atoms with E-state index in [0.29, 0.717) is 32.8 Å². The molecule has 0 radical (unpaired) electrons. The van der Waals surface area contributed by atoms with E-state index >= 15 is 0 Å². The number of carbonyl (C=O) groups excluding carboxylic acids is 1. The highest BCUT2D eigenvalue weighted by atomic mass is 35.5. The molecule has 0 saturated heterocycles. The molecule has 120 valence electrons. The van der Waals surface area contributed by atoms with Crippen LogP contribution < -0.4 is 15.4 Å². The number of ether oxygens (including phenoxy) is 2. The van der Waals surface area contributed by atoms with Gasteiger partial charge in [-0.3, -0.25) is 4.79 Å². The SMILES string of the molecule is COCCNCC(=O)NCCCOc1ccccc1C.Cl. The molecule has 0 aromatic heterocycles. The van der Waals surface area contributed by atoms with E-state index in [9.17, 15) is 4.79 Å². The van der Waals surface area contributed by atoms with E-state index in [1.165, 1.54) is 0 Å². The fourth-order valence-corrected chi connectivity index (χ4v) is 1.64. The van der Waals surface area contributed by atoms with Crippen molar-refractivity contribution < 1.29 is 14.3 Å². The zero-order valence-corrected chi connectivity index (χ0v) is 13.5. The summed E-state index contributed by atoms with van der Waals surface area (Å²) in [5.74, 6) is 0.900. The molecule has 1 rings (SSSR count). The minimum atomic E-state index is -0.00278. The van der Waals surface area contributed by atoms with Gasteiger partial charge in [-0.05, 0) is 25.0 Å². The first kappa shape index (κ1) is 19.7. The summed E-state index contributed by atoms with van der Waals surface area (Å²) in [5.41, 5.74) is 1.12. The van der Waals surface area contributed by atoms with Gasteiger partial charge in [-0.15, -0.1) is 12.4 Å². The lowest BCUT2D eigenvalue weighted by Gasteiger charge is -2.09. The number of hydrogen-bond acceptors (Lipinski definition) is 4. The van der Waals surface area contributed by atoms with Crippen molar-refractivity contribution in [1.29, 1.82) is 0 Å². The molecule has 0 atom stereocenters. The number of benzene rings is 1. The summed E-state index contributed by atoms with van der Waals surface area (Å²) in [5, 5.41) is 5.83. The van der Waals surface area contributed by atoms with Gasteiger partial charge >= 0.3 is 0 Å². The maximum absolute atomic E-state index is 11.4. The fraction of sp³-hybridized carbons (Fsp3) is 0.533. The van der Waals surface area contributed by atoms with E-state index in [-0.39, 0.29) is 18.3 Å². The minimum absolute atomic E-state index is 0. The van der Waals surface area contributed by atoms with E-state index in [2.05, 4.69) is 10.6 Å². The zero-order chi connectivity index (χ0) is 14.6. The number of halogens is 1. The molecule has 5 nitrogen and oxygen atoms in total.